The molecule has 1 aromatic carbocycles. The van der Waals surface area contributed by atoms with Crippen molar-refractivity contribution in [2.24, 2.45) is 0 Å². The Morgan fingerprint density at radius 2 is 1.63 bits per heavy atom. The van der Waals surface area contributed by atoms with Gasteiger partial charge in [-0.05, 0) is 39.4 Å². The number of likely N-dealkylation sites (N-methyl/N-ethyl adjacent to an activating group) is 2. The monoisotopic (exact) mass is 384 g/mol. The lowest BCUT2D eigenvalue weighted by molar-refractivity contribution is 0.141. The van der Waals surface area contributed by atoms with E-state index in [1.807, 2.05) is 41.5 Å². The molecule has 2 rings (SSSR count). The first-order valence-corrected chi connectivity index (χ1v) is 10.1. The smallest absolute Gasteiger partial charge is 0.182 e. The quantitative estimate of drug-likeness (QED) is 0.600. The summed E-state index contributed by atoms with van der Waals surface area (Å²) < 4.78 is 27.9. The lowest BCUT2D eigenvalue weighted by atomic mass is 10.1. The number of nitrogens with zero attached hydrogens (tertiary/aromatic N) is 3. The van der Waals surface area contributed by atoms with E-state index in [0.29, 0.717) is 17.9 Å². The molecule has 27 heavy (non-hydrogen) atoms. The van der Waals surface area contributed by atoms with Gasteiger partial charge in [-0.15, -0.1) is 0 Å². The molecule has 4 nitrogen and oxygen atoms in total. The van der Waals surface area contributed by atoms with Crippen LogP contribution in [0.25, 0.3) is 0 Å². The average molecular weight is 385 g/mol. The van der Waals surface area contributed by atoms with Gasteiger partial charge in [0, 0.05) is 32.7 Å². The average Bonchev–Trinajstić information content (AvgIpc) is 2.71. The summed E-state index contributed by atoms with van der Waals surface area (Å²) in [5.74, 6) is -1.43. The molecule has 0 spiro atoms. The highest BCUT2D eigenvalue weighted by Crippen LogP contribution is 2.27. The van der Waals surface area contributed by atoms with Crippen LogP contribution in [-0.2, 0) is 0 Å². The van der Waals surface area contributed by atoms with Gasteiger partial charge in [-0.2, -0.15) is 0 Å². The number of aryl methyl sites for hydroxylation is 1. The second-order valence-electron chi connectivity index (χ2n) is 6.17. The van der Waals surface area contributed by atoms with Crippen molar-refractivity contribution in [3.63, 3.8) is 0 Å². The molecule has 0 aliphatic carbocycles. The number of amidine groups is 1. The van der Waals surface area contributed by atoms with Crippen molar-refractivity contribution in [1.82, 2.24) is 9.80 Å². The molecule has 0 bridgehead atoms. The minimum absolute atomic E-state index is 0.134. The van der Waals surface area contributed by atoms with Gasteiger partial charge in [-0.1, -0.05) is 33.8 Å². The maximum atomic E-state index is 14.3. The van der Waals surface area contributed by atoms with Gasteiger partial charge in [-0.25, -0.2) is 8.78 Å². The number of hydrogen-bond donors (Lipinski definition) is 1. The molecule has 1 saturated heterocycles. The number of halogens is 2. The van der Waals surface area contributed by atoms with Gasteiger partial charge >= 0.3 is 0 Å². The van der Waals surface area contributed by atoms with E-state index < -0.39 is 11.6 Å². The molecular formula is C21H38F2N4. The summed E-state index contributed by atoms with van der Waals surface area (Å²) >= 11 is 0. The van der Waals surface area contributed by atoms with Crippen LogP contribution in [0.1, 0.15) is 47.1 Å². The van der Waals surface area contributed by atoms with Crippen molar-refractivity contribution >= 4 is 11.5 Å². The van der Waals surface area contributed by atoms with E-state index in [2.05, 4.69) is 16.8 Å². The molecule has 1 fully saturated rings. The molecule has 1 aliphatic rings. The Kier molecular flexibility index (Phi) is 12.1. The van der Waals surface area contributed by atoms with Gasteiger partial charge in [0.05, 0.1) is 11.7 Å². The first-order chi connectivity index (χ1) is 12.9. The molecule has 0 saturated carbocycles. The second kappa shape index (κ2) is 12.8. The molecule has 0 amide bonds. The van der Waals surface area contributed by atoms with Crippen LogP contribution >= 0.6 is 0 Å². The number of rotatable bonds is 4. The third-order valence-corrected chi connectivity index (χ3v) is 4.63. The SMILES string of the molecule is CC.CC.CCN(C(=N)C(C)N1CCN(C)CC1)c1c(C)ccc(F)c1F. The molecular weight excluding hydrogens is 346 g/mol. The zero-order valence-electron chi connectivity index (χ0n) is 18.4. The Morgan fingerprint density at radius 3 is 2.11 bits per heavy atom. The van der Waals surface area contributed by atoms with Crippen molar-refractivity contribution < 1.29 is 8.78 Å². The van der Waals surface area contributed by atoms with E-state index in [9.17, 15) is 8.78 Å². The molecule has 6 heteroatoms. The van der Waals surface area contributed by atoms with Crippen molar-refractivity contribution in [1.29, 1.82) is 5.41 Å². The first kappa shape index (κ1) is 25.5. The van der Waals surface area contributed by atoms with E-state index in [-0.39, 0.29) is 11.7 Å². The zero-order chi connectivity index (χ0) is 21.1. The van der Waals surface area contributed by atoms with Crippen molar-refractivity contribution in [3.8, 4) is 0 Å². The maximum absolute atomic E-state index is 14.3. The highest BCUT2D eigenvalue weighted by Gasteiger charge is 2.28. The third kappa shape index (κ3) is 6.54. The minimum atomic E-state index is -0.873. The van der Waals surface area contributed by atoms with Crippen LogP contribution in [0.4, 0.5) is 14.5 Å². The summed E-state index contributed by atoms with van der Waals surface area (Å²) in [4.78, 5) is 6.05. The van der Waals surface area contributed by atoms with Crippen LogP contribution in [0.15, 0.2) is 12.1 Å². The van der Waals surface area contributed by atoms with Crippen LogP contribution in [0.2, 0.25) is 0 Å². The maximum Gasteiger partial charge on any atom is 0.182 e. The van der Waals surface area contributed by atoms with E-state index in [1.165, 1.54) is 0 Å². The molecule has 0 aromatic heterocycles. The predicted octanol–water partition coefficient (Wildman–Crippen LogP) is 4.77. The predicted molar refractivity (Wildman–Crippen MR) is 113 cm³/mol. The molecule has 1 heterocycles. The minimum Gasteiger partial charge on any atom is -0.327 e. The lowest BCUT2D eigenvalue weighted by Crippen LogP contribution is -2.53. The van der Waals surface area contributed by atoms with E-state index in [4.69, 9.17) is 5.41 Å². The largest absolute Gasteiger partial charge is 0.327 e. The number of anilines is 1. The van der Waals surface area contributed by atoms with Crippen LogP contribution in [0.5, 0.6) is 0 Å². The summed E-state index contributed by atoms with van der Waals surface area (Å²) in [6.45, 7) is 17.7. The fourth-order valence-electron chi connectivity index (χ4n) is 3.02. The fraction of sp³-hybridized carbons (Fsp3) is 0.667. The Bertz CT molecular complexity index is 570. The summed E-state index contributed by atoms with van der Waals surface area (Å²) in [7, 11) is 2.08. The number of piperazine rings is 1. The van der Waals surface area contributed by atoms with Crippen LogP contribution in [-0.4, -0.2) is 61.4 Å². The number of nitrogens with one attached hydrogen (secondary N) is 1. The van der Waals surface area contributed by atoms with Crippen molar-refractivity contribution in [2.45, 2.75) is 54.5 Å². The standard InChI is InChI=1S/C17H26F2N4.2C2H6/c1-5-23(16-12(2)6-7-14(18)15(16)19)17(20)13(3)22-10-8-21(4)9-11-22;2*1-2/h6-7,13,20H,5,8-11H2,1-4H3;2*1-2H3. The van der Waals surface area contributed by atoms with Crippen LogP contribution < -0.4 is 4.90 Å². The Labute approximate surface area is 164 Å². The van der Waals surface area contributed by atoms with Gasteiger partial charge in [-0.3, -0.25) is 10.3 Å². The molecule has 1 aromatic rings. The molecule has 1 aliphatic heterocycles. The van der Waals surface area contributed by atoms with Crippen molar-refractivity contribution in [3.05, 3.63) is 29.3 Å². The lowest BCUT2D eigenvalue weighted by Gasteiger charge is -2.39. The van der Waals surface area contributed by atoms with Gasteiger partial charge in [0.1, 0.15) is 5.84 Å². The van der Waals surface area contributed by atoms with Crippen LogP contribution in [0.3, 0.4) is 0 Å². The summed E-state index contributed by atoms with van der Waals surface area (Å²) in [6.07, 6.45) is 0. The van der Waals surface area contributed by atoms with E-state index in [1.54, 1.807) is 17.9 Å². The molecule has 0 radical (unpaired) electrons. The van der Waals surface area contributed by atoms with E-state index in [0.717, 1.165) is 32.2 Å². The third-order valence-electron chi connectivity index (χ3n) is 4.63. The van der Waals surface area contributed by atoms with Crippen LogP contribution in [0, 0.1) is 24.0 Å². The molecule has 1 N–H and O–H groups in total. The fourth-order valence-corrected chi connectivity index (χ4v) is 3.02. The van der Waals surface area contributed by atoms with Gasteiger partial charge < -0.3 is 9.80 Å². The highest BCUT2D eigenvalue weighted by atomic mass is 19.2. The summed E-state index contributed by atoms with van der Waals surface area (Å²) in [5.41, 5.74) is 0.819. The summed E-state index contributed by atoms with van der Waals surface area (Å²) in [6, 6.07) is 2.56. The highest BCUT2D eigenvalue weighted by molar-refractivity contribution is 5.99. The molecule has 1 unspecified atom stereocenters. The Morgan fingerprint density at radius 1 is 1.11 bits per heavy atom. The topological polar surface area (TPSA) is 33.6 Å². The number of hydrogen-bond acceptors (Lipinski definition) is 3. The second-order valence-corrected chi connectivity index (χ2v) is 6.17. The molecule has 1 atom stereocenters. The number of benzene rings is 1. The zero-order valence-corrected chi connectivity index (χ0v) is 18.4. The van der Waals surface area contributed by atoms with E-state index >= 15 is 0 Å². The summed E-state index contributed by atoms with van der Waals surface area (Å²) in [5, 5.41) is 8.52. The normalized spacial score (nSPS) is 15.8. The van der Waals surface area contributed by atoms with Gasteiger partial charge in [0.25, 0.3) is 0 Å². The van der Waals surface area contributed by atoms with Gasteiger partial charge in [0.15, 0.2) is 11.6 Å². The Hall–Kier alpha value is -1.53. The Balaban J connectivity index is 0.00000158. The van der Waals surface area contributed by atoms with Crippen molar-refractivity contribution in [2.75, 3.05) is 44.7 Å². The molecule has 156 valence electrons. The first-order valence-electron chi connectivity index (χ1n) is 10.1. The van der Waals surface area contributed by atoms with Gasteiger partial charge in [0.2, 0.25) is 0 Å².